The monoisotopic (exact) mass is 513 g/mol. The smallest absolute Gasteiger partial charge is 0.255 e. The number of nitriles is 1. The number of benzene rings is 1. The average molecular weight is 514 g/mol. The topological polar surface area (TPSA) is 100 Å². The van der Waals surface area contributed by atoms with Crippen LogP contribution in [0.3, 0.4) is 0 Å². The number of carbonyl (C=O) groups excluding carboxylic acids is 2. The second-order valence-corrected chi connectivity index (χ2v) is 11.2. The molecule has 1 atom stereocenters. The van der Waals surface area contributed by atoms with Crippen molar-refractivity contribution in [3.63, 3.8) is 0 Å². The number of piperidine rings is 1. The van der Waals surface area contributed by atoms with E-state index in [-0.39, 0.29) is 23.3 Å². The number of pyridine rings is 1. The number of likely N-dealkylation sites (tertiary alicyclic amines) is 1. The van der Waals surface area contributed by atoms with Crippen LogP contribution in [0.4, 0.5) is 5.69 Å². The van der Waals surface area contributed by atoms with E-state index in [0.29, 0.717) is 28.5 Å². The summed E-state index contributed by atoms with van der Waals surface area (Å²) in [4.78, 5) is 33.1. The van der Waals surface area contributed by atoms with Gasteiger partial charge in [-0.3, -0.25) is 9.59 Å². The Bertz CT molecular complexity index is 1430. The number of aromatic nitrogens is 2. The van der Waals surface area contributed by atoms with Crippen molar-refractivity contribution < 1.29 is 14.3 Å². The lowest BCUT2D eigenvalue weighted by atomic mass is 9.78. The van der Waals surface area contributed by atoms with Gasteiger partial charge in [0.15, 0.2) is 5.75 Å². The van der Waals surface area contributed by atoms with Gasteiger partial charge in [-0.25, -0.2) is 4.98 Å². The third kappa shape index (κ3) is 4.62. The third-order valence-corrected chi connectivity index (χ3v) is 8.26. The van der Waals surface area contributed by atoms with Crippen molar-refractivity contribution in [2.45, 2.75) is 63.8 Å². The first-order chi connectivity index (χ1) is 18.2. The molecule has 0 spiro atoms. The second kappa shape index (κ2) is 10.1. The summed E-state index contributed by atoms with van der Waals surface area (Å²) in [6.07, 6.45) is 9.75. The molecule has 0 bridgehead atoms. The molecule has 1 aliphatic heterocycles. The van der Waals surface area contributed by atoms with Crippen molar-refractivity contribution in [3.8, 4) is 11.8 Å². The molecule has 8 nitrogen and oxygen atoms in total. The van der Waals surface area contributed by atoms with Gasteiger partial charge in [0.1, 0.15) is 11.3 Å². The van der Waals surface area contributed by atoms with E-state index >= 15 is 0 Å². The van der Waals surface area contributed by atoms with Gasteiger partial charge in [-0.05, 0) is 69.2 Å². The van der Waals surface area contributed by atoms with Crippen LogP contribution in [-0.4, -0.2) is 45.5 Å². The van der Waals surface area contributed by atoms with Crippen molar-refractivity contribution in [2.24, 2.45) is 13.0 Å². The number of amides is 2. The molecule has 1 saturated heterocycles. The summed E-state index contributed by atoms with van der Waals surface area (Å²) in [6.45, 7) is 5.08. The Morgan fingerprint density at radius 2 is 1.97 bits per heavy atom. The van der Waals surface area contributed by atoms with E-state index in [9.17, 15) is 14.9 Å². The van der Waals surface area contributed by atoms with Crippen molar-refractivity contribution in [1.29, 1.82) is 5.26 Å². The molecule has 3 aromatic rings. The number of methoxy groups -OCH3 is 1. The van der Waals surface area contributed by atoms with Gasteiger partial charge in [-0.15, -0.1) is 0 Å². The third-order valence-electron chi connectivity index (χ3n) is 8.26. The highest BCUT2D eigenvalue weighted by Crippen LogP contribution is 2.45. The summed E-state index contributed by atoms with van der Waals surface area (Å²) in [5, 5.41) is 13.0. The predicted molar refractivity (Wildman–Crippen MR) is 146 cm³/mol. The van der Waals surface area contributed by atoms with Gasteiger partial charge < -0.3 is 19.5 Å². The Hall–Kier alpha value is -3.86. The molecule has 198 valence electrons. The van der Waals surface area contributed by atoms with Crippen molar-refractivity contribution in [1.82, 2.24) is 14.5 Å². The summed E-state index contributed by atoms with van der Waals surface area (Å²) < 4.78 is 7.88. The molecule has 3 heterocycles. The average Bonchev–Trinajstić information content (AvgIpc) is 3.56. The number of hydrogen-bond donors (Lipinski definition) is 1. The Labute approximate surface area is 223 Å². The molecule has 1 aromatic carbocycles. The molecule has 38 heavy (non-hydrogen) atoms. The number of nitrogens with one attached hydrogen (secondary N) is 1. The normalized spacial score (nSPS) is 19.3. The zero-order valence-electron chi connectivity index (χ0n) is 22.6. The fraction of sp³-hybridized carbons (Fsp3) is 0.467. The summed E-state index contributed by atoms with van der Waals surface area (Å²) in [5.41, 5.74) is 2.93. The Morgan fingerprint density at radius 3 is 2.66 bits per heavy atom. The summed E-state index contributed by atoms with van der Waals surface area (Å²) in [5.74, 6) is 0.938. The molecule has 2 fully saturated rings. The van der Waals surface area contributed by atoms with E-state index in [1.54, 1.807) is 37.6 Å². The number of carbonyl (C=O) groups is 2. The number of anilines is 1. The zero-order chi connectivity index (χ0) is 27.0. The predicted octanol–water partition coefficient (Wildman–Crippen LogP) is 5.38. The molecule has 5 rings (SSSR count). The second-order valence-electron chi connectivity index (χ2n) is 11.2. The standard InChI is InChI=1S/C30H35N5O3/c1-30(2)15-22(12-13-35(30)29(37)20-9-5-6-10-20)23-18-34(3)27-25(23)26(38-4)24(17-32-27)33-28(36)21-11-7-8-19(14-21)16-31/h7-8,11,14,17-18,20,22H,5-6,9-10,12-13,15H2,1-4H3,(H,33,36)/t22-/m1/s1. The number of fused-ring (bicyclic) bond motifs is 1. The highest BCUT2D eigenvalue weighted by molar-refractivity contribution is 6.07. The van der Waals surface area contributed by atoms with Crippen molar-refractivity contribution in [3.05, 3.63) is 53.3 Å². The van der Waals surface area contributed by atoms with E-state index in [4.69, 9.17) is 4.74 Å². The summed E-state index contributed by atoms with van der Waals surface area (Å²) >= 11 is 0. The molecule has 2 amide bonds. The maximum absolute atomic E-state index is 13.3. The fourth-order valence-corrected chi connectivity index (χ4v) is 6.35. The molecule has 2 aromatic heterocycles. The molecule has 1 saturated carbocycles. The van der Waals surface area contributed by atoms with E-state index in [1.165, 1.54) is 0 Å². The number of aryl methyl sites for hydroxylation is 1. The lowest BCUT2D eigenvalue weighted by Crippen LogP contribution is -2.53. The quantitative estimate of drug-likeness (QED) is 0.494. The van der Waals surface area contributed by atoms with Crippen LogP contribution in [0.15, 0.2) is 36.7 Å². The van der Waals surface area contributed by atoms with Crippen LogP contribution >= 0.6 is 0 Å². The molecule has 2 aliphatic rings. The SMILES string of the molecule is COc1c(NC(=O)c2cccc(C#N)c2)cnc2c1c([C@@H]1CCN(C(=O)C3CCCC3)C(C)(C)C1)cn2C. The number of rotatable bonds is 5. The molecular weight excluding hydrogens is 478 g/mol. The summed E-state index contributed by atoms with van der Waals surface area (Å²) in [7, 11) is 3.57. The molecule has 1 aliphatic carbocycles. The van der Waals surface area contributed by atoms with Crippen molar-refractivity contribution in [2.75, 3.05) is 19.0 Å². The minimum atomic E-state index is -0.334. The first-order valence-electron chi connectivity index (χ1n) is 13.4. The first-order valence-corrected chi connectivity index (χ1v) is 13.4. The summed E-state index contributed by atoms with van der Waals surface area (Å²) in [6, 6.07) is 8.65. The molecule has 1 N–H and O–H groups in total. The highest BCUT2D eigenvalue weighted by atomic mass is 16.5. The van der Waals surface area contributed by atoms with Gasteiger partial charge in [-0.1, -0.05) is 18.9 Å². The van der Waals surface area contributed by atoms with Gasteiger partial charge in [0.2, 0.25) is 5.91 Å². The molecule has 8 heteroatoms. The van der Waals surface area contributed by atoms with Gasteiger partial charge in [0, 0.05) is 36.8 Å². The lowest BCUT2D eigenvalue weighted by molar-refractivity contribution is -0.143. The van der Waals surface area contributed by atoms with Gasteiger partial charge in [0.25, 0.3) is 5.91 Å². The van der Waals surface area contributed by atoms with Crippen LogP contribution in [0.2, 0.25) is 0 Å². The Kier molecular flexibility index (Phi) is 6.87. The van der Waals surface area contributed by atoms with Crippen LogP contribution in [0.1, 0.15) is 79.8 Å². The molecule has 0 unspecified atom stereocenters. The van der Waals surface area contributed by atoms with E-state index < -0.39 is 0 Å². The Balaban J connectivity index is 1.46. The first kappa shape index (κ1) is 25.8. The maximum atomic E-state index is 13.3. The Morgan fingerprint density at radius 1 is 1.21 bits per heavy atom. The largest absolute Gasteiger partial charge is 0.494 e. The zero-order valence-corrected chi connectivity index (χ0v) is 22.6. The van der Waals surface area contributed by atoms with Crippen LogP contribution < -0.4 is 10.1 Å². The fourth-order valence-electron chi connectivity index (χ4n) is 6.35. The number of hydrogen-bond acceptors (Lipinski definition) is 5. The van der Waals surface area contributed by atoms with Gasteiger partial charge in [-0.2, -0.15) is 5.26 Å². The highest BCUT2D eigenvalue weighted by Gasteiger charge is 2.41. The molecular formula is C30H35N5O3. The van der Waals surface area contributed by atoms with Crippen LogP contribution in [0.5, 0.6) is 5.75 Å². The minimum absolute atomic E-state index is 0.174. The van der Waals surface area contributed by atoms with Gasteiger partial charge >= 0.3 is 0 Å². The number of ether oxygens (including phenoxy) is 1. The van der Waals surface area contributed by atoms with Crippen LogP contribution in [-0.2, 0) is 11.8 Å². The van der Waals surface area contributed by atoms with E-state index in [2.05, 4.69) is 41.3 Å². The van der Waals surface area contributed by atoms with E-state index in [0.717, 1.165) is 61.7 Å². The number of nitrogens with zero attached hydrogens (tertiary/aromatic N) is 4. The van der Waals surface area contributed by atoms with E-state index in [1.807, 2.05) is 11.6 Å². The van der Waals surface area contributed by atoms with Crippen LogP contribution in [0, 0.1) is 17.2 Å². The lowest BCUT2D eigenvalue weighted by Gasteiger charge is -2.46. The van der Waals surface area contributed by atoms with Crippen molar-refractivity contribution >= 4 is 28.5 Å². The van der Waals surface area contributed by atoms with Gasteiger partial charge in [0.05, 0.1) is 30.3 Å². The molecule has 0 radical (unpaired) electrons. The minimum Gasteiger partial charge on any atom is -0.494 e. The van der Waals surface area contributed by atoms with Crippen LogP contribution in [0.25, 0.3) is 11.0 Å². The maximum Gasteiger partial charge on any atom is 0.255 e.